The van der Waals surface area contributed by atoms with Gasteiger partial charge in [-0.1, -0.05) is 19.3 Å². The van der Waals surface area contributed by atoms with Crippen LogP contribution in [0.2, 0.25) is 0 Å². The Hall–Kier alpha value is -0.280. The third-order valence-electron chi connectivity index (χ3n) is 3.45. The highest BCUT2D eigenvalue weighted by Gasteiger charge is 2.23. The van der Waals surface area contributed by atoms with Crippen LogP contribution in [0.4, 0.5) is 5.69 Å². The molecule has 0 aliphatic heterocycles. The van der Waals surface area contributed by atoms with E-state index in [1.807, 2.05) is 0 Å². The van der Waals surface area contributed by atoms with Crippen molar-refractivity contribution in [2.24, 2.45) is 5.92 Å². The van der Waals surface area contributed by atoms with Gasteiger partial charge in [-0.2, -0.15) is 5.26 Å². The molecule has 2 unspecified atom stereocenters. The molecular formula is C14H16BrIN2. The first-order valence-electron chi connectivity index (χ1n) is 6.32. The molecule has 18 heavy (non-hydrogen) atoms. The number of hydrogen-bond acceptors (Lipinski definition) is 2. The summed E-state index contributed by atoms with van der Waals surface area (Å²) < 4.78 is 2.29. The quantitative estimate of drug-likeness (QED) is 0.545. The topological polar surface area (TPSA) is 35.8 Å². The van der Waals surface area contributed by atoms with Crippen molar-refractivity contribution in [3.63, 3.8) is 0 Å². The van der Waals surface area contributed by atoms with Crippen LogP contribution in [0.3, 0.4) is 0 Å². The molecule has 2 nitrogen and oxygen atoms in total. The van der Waals surface area contributed by atoms with E-state index < -0.39 is 0 Å². The van der Waals surface area contributed by atoms with Gasteiger partial charge < -0.3 is 5.32 Å². The summed E-state index contributed by atoms with van der Waals surface area (Å²) in [6, 6.07) is 9.03. The fraction of sp³-hybridized carbons (Fsp3) is 0.500. The summed E-state index contributed by atoms with van der Waals surface area (Å²) in [5, 5.41) is 12.8. The predicted octanol–water partition coefficient (Wildman–Crippen LogP) is 4.94. The first kappa shape index (κ1) is 14.1. The van der Waals surface area contributed by atoms with E-state index in [9.17, 15) is 5.26 Å². The minimum atomic E-state index is 0.138. The van der Waals surface area contributed by atoms with E-state index in [0.29, 0.717) is 0 Å². The third kappa shape index (κ3) is 3.61. The second-order valence-corrected chi connectivity index (χ2v) is 6.85. The third-order valence-corrected chi connectivity index (χ3v) is 4.78. The molecule has 1 aromatic rings. The summed E-state index contributed by atoms with van der Waals surface area (Å²) in [7, 11) is 0. The van der Waals surface area contributed by atoms with Crippen LogP contribution in [0.1, 0.15) is 32.1 Å². The maximum atomic E-state index is 9.27. The molecule has 96 valence electrons. The Morgan fingerprint density at radius 3 is 2.78 bits per heavy atom. The minimum absolute atomic E-state index is 0.138. The number of hydrogen-bond donors (Lipinski definition) is 1. The molecule has 0 amide bonds. The average molecular weight is 419 g/mol. The summed E-state index contributed by atoms with van der Waals surface area (Å²) >= 11 is 5.89. The molecule has 1 fully saturated rings. The van der Waals surface area contributed by atoms with E-state index >= 15 is 0 Å². The highest BCUT2D eigenvalue weighted by Crippen LogP contribution is 2.30. The molecule has 1 aromatic carbocycles. The molecule has 0 aromatic heterocycles. The molecule has 0 saturated heterocycles. The van der Waals surface area contributed by atoms with Crippen molar-refractivity contribution >= 4 is 44.2 Å². The van der Waals surface area contributed by atoms with Gasteiger partial charge in [0.25, 0.3) is 0 Å². The fourth-order valence-electron chi connectivity index (χ4n) is 2.44. The van der Waals surface area contributed by atoms with Gasteiger partial charge >= 0.3 is 0 Å². The Balaban J connectivity index is 2.13. The van der Waals surface area contributed by atoms with Crippen LogP contribution >= 0.6 is 38.5 Å². The monoisotopic (exact) mass is 418 g/mol. The van der Waals surface area contributed by atoms with E-state index in [1.165, 1.54) is 22.8 Å². The second kappa shape index (κ2) is 6.76. The Labute approximate surface area is 130 Å². The molecule has 0 heterocycles. The summed E-state index contributed by atoms with van der Waals surface area (Å²) in [4.78, 5) is 0. The predicted molar refractivity (Wildman–Crippen MR) is 86.5 cm³/mol. The van der Waals surface area contributed by atoms with Crippen molar-refractivity contribution in [3.8, 4) is 6.07 Å². The van der Waals surface area contributed by atoms with Crippen LogP contribution in [0.5, 0.6) is 0 Å². The number of benzene rings is 1. The highest BCUT2D eigenvalue weighted by molar-refractivity contribution is 14.1. The van der Waals surface area contributed by atoms with E-state index in [-0.39, 0.29) is 12.0 Å². The van der Waals surface area contributed by atoms with Crippen molar-refractivity contribution in [2.75, 3.05) is 5.32 Å². The number of anilines is 1. The van der Waals surface area contributed by atoms with Crippen molar-refractivity contribution < 1.29 is 0 Å². The standard InChI is InChI=1S/C14H16BrIN2/c15-12-8-11(16)6-7-14(12)18-13-5-3-1-2-4-10(13)9-17/h6-8,10,13,18H,1-5H2. The SMILES string of the molecule is N#CC1CCCCCC1Nc1ccc(I)cc1Br. The van der Waals surface area contributed by atoms with Crippen molar-refractivity contribution in [3.05, 3.63) is 26.2 Å². The number of nitriles is 1. The lowest BCUT2D eigenvalue weighted by atomic mass is 9.96. The molecule has 1 N–H and O–H groups in total. The highest BCUT2D eigenvalue weighted by atomic mass is 127. The normalized spacial score (nSPS) is 24.1. The van der Waals surface area contributed by atoms with Gasteiger partial charge in [0.15, 0.2) is 0 Å². The van der Waals surface area contributed by atoms with Gasteiger partial charge in [-0.05, 0) is 69.6 Å². The van der Waals surface area contributed by atoms with Crippen molar-refractivity contribution in [1.29, 1.82) is 5.26 Å². The van der Waals surface area contributed by atoms with Gasteiger partial charge in [0.2, 0.25) is 0 Å². The molecule has 1 aliphatic carbocycles. The molecule has 1 aliphatic rings. The molecule has 0 spiro atoms. The molecule has 1 saturated carbocycles. The van der Waals surface area contributed by atoms with E-state index in [2.05, 4.69) is 68.1 Å². The van der Waals surface area contributed by atoms with E-state index in [4.69, 9.17) is 0 Å². The van der Waals surface area contributed by atoms with Crippen LogP contribution in [-0.2, 0) is 0 Å². The van der Waals surface area contributed by atoms with Gasteiger partial charge in [-0.15, -0.1) is 0 Å². The molecule has 4 heteroatoms. The van der Waals surface area contributed by atoms with Gasteiger partial charge in [-0.3, -0.25) is 0 Å². The number of nitrogens with one attached hydrogen (secondary N) is 1. The molecule has 0 bridgehead atoms. The summed E-state index contributed by atoms with van der Waals surface area (Å²) in [6.45, 7) is 0. The van der Waals surface area contributed by atoms with E-state index in [0.717, 1.165) is 23.0 Å². The largest absolute Gasteiger partial charge is 0.380 e. The minimum Gasteiger partial charge on any atom is -0.380 e. The van der Waals surface area contributed by atoms with Crippen LogP contribution in [0, 0.1) is 20.8 Å². The van der Waals surface area contributed by atoms with E-state index in [1.54, 1.807) is 0 Å². The molecular weight excluding hydrogens is 403 g/mol. The van der Waals surface area contributed by atoms with Gasteiger partial charge in [0.05, 0.1) is 12.0 Å². The zero-order chi connectivity index (χ0) is 13.0. The molecule has 2 rings (SSSR count). The van der Waals surface area contributed by atoms with Gasteiger partial charge in [0, 0.05) is 19.8 Å². The lowest BCUT2D eigenvalue weighted by molar-refractivity contribution is 0.514. The first-order chi connectivity index (χ1) is 8.70. The van der Waals surface area contributed by atoms with Gasteiger partial charge in [0.1, 0.15) is 0 Å². The Kier molecular flexibility index (Phi) is 5.31. The maximum Gasteiger partial charge on any atom is 0.0677 e. The Morgan fingerprint density at radius 2 is 2.06 bits per heavy atom. The lowest BCUT2D eigenvalue weighted by Gasteiger charge is -2.22. The van der Waals surface area contributed by atoms with Crippen molar-refractivity contribution in [2.45, 2.75) is 38.1 Å². The zero-order valence-electron chi connectivity index (χ0n) is 10.1. The van der Waals surface area contributed by atoms with Crippen LogP contribution in [0.25, 0.3) is 0 Å². The maximum absolute atomic E-state index is 9.27. The van der Waals surface area contributed by atoms with Crippen LogP contribution < -0.4 is 5.32 Å². The summed E-state index contributed by atoms with van der Waals surface area (Å²) in [6.07, 6.45) is 5.78. The smallest absolute Gasteiger partial charge is 0.0677 e. The number of halogens is 2. The first-order valence-corrected chi connectivity index (χ1v) is 8.19. The van der Waals surface area contributed by atoms with Crippen LogP contribution in [0.15, 0.2) is 22.7 Å². The molecule has 2 atom stereocenters. The Bertz CT molecular complexity index is 456. The summed E-state index contributed by atoms with van der Waals surface area (Å²) in [5.74, 6) is 0.138. The van der Waals surface area contributed by atoms with Gasteiger partial charge in [-0.25, -0.2) is 0 Å². The summed E-state index contributed by atoms with van der Waals surface area (Å²) in [5.41, 5.74) is 1.10. The fourth-order valence-corrected chi connectivity index (χ4v) is 3.85. The second-order valence-electron chi connectivity index (χ2n) is 4.75. The zero-order valence-corrected chi connectivity index (χ0v) is 13.9. The average Bonchev–Trinajstić information content (AvgIpc) is 2.57. The lowest BCUT2D eigenvalue weighted by Crippen LogP contribution is -2.27. The molecule has 0 radical (unpaired) electrons. The Morgan fingerprint density at radius 1 is 1.28 bits per heavy atom. The number of nitrogens with zero attached hydrogens (tertiary/aromatic N) is 1. The van der Waals surface area contributed by atoms with Crippen molar-refractivity contribution in [1.82, 2.24) is 0 Å². The van der Waals surface area contributed by atoms with Crippen LogP contribution in [-0.4, -0.2) is 6.04 Å². The number of rotatable bonds is 2.